The largest absolute Gasteiger partial charge is 0.348 e. The van der Waals surface area contributed by atoms with Gasteiger partial charge >= 0.3 is 0 Å². The maximum atomic E-state index is 12.7. The molecule has 8 heteroatoms. The summed E-state index contributed by atoms with van der Waals surface area (Å²) in [7, 11) is 0. The van der Waals surface area contributed by atoms with Crippen molar-refractivity contribution in [2.24, 2.45) is 0 Å². The van der Waals surface area contributed by atoms with E-state index < -0.39 is 0 Å². The number of hydrogen-bond acceptors (Lipinski definition) is 6. The van der Waals surface area contributed by atoms with Gasteiger partial charge in [0.15, 0.2) is 0 Å². The van der Waals surface area contributed by atoms with Crippen molar-refractivity contribution in [3.63, 3.8) is 0 Å². The molecule has 2 N–H and O–H groups in total. The Kier molecular flexibility index (Phi) is 6.84. The average molecular weight is 441 g/mol. The van der Waals surface area contributed by atoms with Crippen LogP contribution < -0.4 is 10.6 Å². The van der Waals surface area contributed by atoms with E-state index in [1.54, 1.807) is 42.6 Å². The van der Waals surface area contributed by atoms with Crippen molar-refractivity contribution in [1.29, 1.82) is 0 Å². The number of aryl methyl sites for hydroxylation is 2. The molecule has 0 atom stereocenters. The third-order valence-electron chi connectivity index (χ3n) is 4.95. The van der Waals surface area contributed by atoms with Crippen LogP contribution in [0.2, 0.25) is 0 Å². The standard InChI is InChI=1S/C25H23N5O3/c1-17-9-11-18(12-10-17)16-27-25(32)19-6-2-3-7-20(19)28-22(31)13-14-23-29-24(30-33-23)21-8-4-5-15-26-21/h2-12,15H,13-14,16H2,1H3,(H,27,32)(H,28,31). The Hall–Kier alpha value is -4.33. The number of hydrogen-bond donors (Lipinski definition) is 2. The van der Waals surface area contributed by atoms with Crippen LogP contribution in [0.4, 0.5) is 5.69 Å². The minimum Gasteiger partial charge on any atom is -0.348 e. The lowest BCUT2D eigenvalue weighted by Gasteiger charge is -2.11. The molecular weight excluding hydrogens is 418 g/mol. The van der Waals surface area contributed by atoms with Gasteiger partial charge < -0.3 is 15.2 Å². The molecule has 0 radical (unpaired) electrons. The molecule has 0 saturated carbocycles. The molecular formula is C25H23N5O3. The lowest BCUT2D eigenvalue weighted by atomic mass is 10.1. The summed E-state index contributed by atoms with van der Waals surface area (Å²) in [5, 5.41) is 9.60. The zero-order chi connectivity index (χ0) is 23.0. The normalized spacial score (nSPS) is 10.6. The van der Waals surface area contributed by atoms with Crippen LogP contribution in [0.25, 0.3) is 11.5 Å². The molecule has 0 spiro atoms. The van der Waals surface area contributed by atoms with E-state index in [2.05, 4.69) is 25.8 Å². The van der Waals surface area contributed by atoms with Crippen molar-refractivity contribution in [2.75, 3.05) is 5.32 Å². The smallest absolute Gasteiger partial charge is 0.253 e. The number of amides is 2. The van der Waals surface area contributed by atoms with E-state index >= 15 is 0 Å². The summed E-state index contributed by atoms with van der Waals surface area (Å²) in [6.45, 7) is 2.41. The van der Waals surface area contributed by atoms with Crippen LogP contribution in [0.5, 0.6) is 0 Å². The number of carbonyl (C=O) groups is 2. The second-order valence-electron chi connectivity index (χ2n) is 7.49. The van der Waals surface area contributed by atoms with Gasteiger partial charge in [0.05, 0.1) is 11.3 Å². The summed E-state index contributed by atoms with van der Waals surface area (Å²) < 4.78 is 5.22. The topological polar surface area (TPSA) is 110 Å². The van der Waals surface area contributed by atoms with Gasteiger partial charge in [-0.2, -0.15) is 4.98 Å². The first-order valence-electron chi connectivity index (χ1n) is 10.5. The first-order chi connectivity index (χ1) is 16.1. The number of anilines is 1. The fourth-order valence-corrected chi connectivity index (χ4v) is 3.16. The summed E-state index contributed by atoms with van der Waals surface area (Å²) in [4.78, 5) is 33.7. The third kappa shape index (κ3) is 5.88. The van der Waals surface area contributed by atoms with Gasteiger partial charge in [0.1, 0.15) is 5.69 Å². The van der Waals surface area contributed by atoms with Gasteiger partial charge in [-0.05, 0) is 36.8 Å². The number of nitrogens with one attached hydrogen (secondary N) is 2. The summed E-state index contributed by atoms with van der Waals surface area (Å²) >= 11 is 0. The lowest BCUT2D eigenvalue weighted by Crippen LogP contribution is -2.25. The Morgan fingerprint density at radius 3 is 2.55 bits per heavy atom. The lowest BCUT2D eigenvalue weighted by molar-refractivity contribution is -0.116. The van der Waals surface area contributed by atoms with Crippen LogP contribution in [0, 0.1) is 6.92 Å². The van der Waals surface area contributed by atoms with E-state index in [1.807, 2.05) is 37.3 Å². The molecule has 2 heterocycles. The minimum atomic E-state index is -0.261. The van der Waals surface area contributed by atoms with E-state index in [4.69, 9.17) is 4.52 Å². The van der Waals surface area contributed by atoms with Gasteiger partial charge in [0.2, 0.25) is 17.6 Å². The predicted molar refractivity (Wildman–Crippen MR) is 123 cm³/mol. The Labute approximate surface area is 191 Å². The van der Waals surface area contributed by atoms with Crippen molar-refractivity contribution in [2.45, 2.75) is 26.3 Å². The van der Waals surface area contributed by atoms with Gasteiger partial charge in [-0.1, -0.05) is 53.2 Å². The van der Waals surface area contributed by atoms with Crippen molar-refractivity contribution in [3.8, 4) is 11.5 Å². The molecule has 0 aliphatic rings. The number of carbonyl (C=O) groups excluding carboxylic acids is 2. The van der Waals surface area contributed by atoms with Gasteiger partial charge in [-0.15, -0.1) is 0 Å². The number of nitrogens with zero attached hydrogens (tertiary/aromatic N) is 3. The molecule has 0 unspecified atom stereocenters. The van der Waals surface area contributed by atoms with Crippen molar-refractivity contribution >= 4 is 17.5 Å². The molecule has 166 valence electrons. The van der Waals surface area contributed by atoms with Crippen LogP contribution in [0.1, 0.15) is 33.8 Å². The number of benzene rings is 2. The summed E-state index contributed by atoms with van der Waals surface area (Å²) in [6, 6.07) is 20.3. The van der Waals surface area contributed by atoms with Crippen LogP contribution >= 0.6 is 0 Å². The van der Waals surface area contributed by atoms with Crippen LogP contribution in [-0.4, -0.2) is 26.9 Å². The monoisotopic (exact) mass is 441 g/mol. The van der Waals surface area contributed by atoms with Crippen molar-refractivity contribution in [3.05, 3.63) is 95.5 Å². The molecule has 0 saturated heterocycles. The summed E-state index contributed by atoms with van der Waals surface area (Å²) in [5.41, 5.74) is 3.60. The fraction of sp³-hybridized carbons (Fsp3) is 0.160. The zero-order valence-electron chi connectivity index (χ0n) is 18.1. The van der Waals surface area contributed by atoms with Crippen LogP contribution in [0.3, 0.4) is 0 Å². The Morgan fingerprint density at radius 2 is 1.76 bits per heavy atom. The number of para-hydroxylation sites is 1. The highest BCUT2D eigenvalue weighted by Crippen LogP contribution is 2.17. The first-order valence-corrected chi connectivity index (χ1v) is 10.5. The maximum Gasteiger partial charge on any atom is 0.253 e. The van der Waals surface area contributed by atoms with Crippen LogP contribution in [0.15, 0.2) is 77.4 Å². The van der Waals surface area contributed by atoms with Gasteiger partial charge in [-0.3, -0.25) is 14.6 Å². The van der Waals surface area contributed by atoms with Gasteiger partial charge in [-0.25, -0.2) is 0 Å². The molecule has 33 heavy (non-hydrogen) atoms. The van der Waals surface area contributed by atoms with Crippen LogP contribution in [-0.2, 0) is 17.8 Å². The van der Waals surface area contributed by atoms with E-state index in [1.165, 1.54) is 0 Å². The zero-order valence-corrected chi connectivity index (χ0v) is 18.1. The number of rotatable bonds is 8. The first kappa shape index (κ1) is 21.9. The Balaban J connectivity index is 1.33. The Bertz CT molecular complexity index is 1240. The SMILES string of the molecule is Cc1ccc(CNC(=O)c2ccccc2NC(=O)CCc2nc(-c3ccccn3)no2)cc1. The van der Waals surface area contributed by atoms with E-state index in [0.717, 1.165) is 11.1 Å². The van der Waals surface area contributed by atoms with E-state index in [0.29, 0.717) is 35.2 Å². The highest BCUT2D eigenvalue weighted by molar-refractivity contribution is 6.03. The quantitative estimate of drug-likeness (QED) is 0.429. The van der Waals surface area contributed by atoms with Crippen molar-refractivity contribution in [1.82, 2.24) is 20.4 Å². The van der Waals surface area contributed by atoms with E-state index in [9.17, 15) is 9.59 Å². The summed E-state index contributed by atoms with van der Waals surface area (Å²) in [5.74, 6) is 0.200. The molecule has 2 amide bonds. The molecule has 0 bridgehead atoms. The molecule has 0 aliphatic heterocycles. The van der Waals surface area contributed by atoms with E-state index in [-0.39, 0.29) is 24.7 Å². The highest BCUT2D eigenvalue weighted by atomic mass is 16.5. The van der Waals surface area contributed by atoms with Crippen molar-refractivity contribution < 1.29 is 14.1 Å². The second-order valence-corrected chi connectivity index (χ2v) is 7.49. The van der Waals surface area contributed by atoms with Gasteiger partial charge in [0.25, 0.3) is 5.91 Å². The molecule has 0 aliphatic carbocycles. The van der Waals surface area contributed by atoms with Gasteiger partial charge in [0, 0.05) is 25.6 Å². The predicted octanol–water partition coefficient (Wildman–Crippen LogP) is 3.94. The highest BCUT2D eigenvalue weighted by Gasteiger charge is 2.15. The fourth-order valence-electron chi connectivity index (χ4n) is 3.16. The summed E-state index contributed by atoms with van der Waals surface area (Å²) in [6.07, 6.45) is 2.05. The number of pyridine rings is 1. The molecule has 2 aromatic carbocycles. The molecule has 2 aromatic heterocycles. The minimum absolute atomic E-state index is 0.128. The molecule has 8 nitrogen and oxygen atoms in total. The maximum absolute atomic E-state index is 12.7. The third-order valence-corrected chi connectivity index (χ3v) is 4.95. The second kappa shape index (κ2) is 10.3. The number of aromatic nitrogens is 3. The molecule has 4 aromatic rings. The average Bonchev–Trinajstić information content (AvgIpc) is 3.32. The molecule has 0 fully saturated rings. The molecule has 4 rings (SSSR count). The Morgan fingerprint density at radius 1 is 0.970 bits per heavy atom.